The monoisotopic (exact) mass is 418 g/mol. The maximum absolute atomic E-state index is 13.1. The number of hydrogen-bond donors (Lipinski definition) is 1. The number of aromatic nitrogens is 3. The smallest absolute Gasteiger partial charge is 0.417 e. The number of anilines is 1. The number of halogens is 3. The first-order valence-electron chi connectivity index (χ1n) is 8.33. The average molecular weight is 418 g/mol. The number of nitrogens with one attached hydrogen (secondary N) is 1. The van der Waals surface area contributed by atoms with Gasteiger partial charge in [-0.3, -0.25) is 10.1 Å². The Hall–Kier alpha value is -3.40. The topological polar surface area (TPSA) is 68.5 Å². The average Bonchev–Trinajstić information content (AvgIpc) is 3.27. The van der Waals surface area contributed by atoms with Crippen molar-refractivity contribution in [2.75, 3.05) is 12.4 Å². The summed E-state index contributed by atoms with van der Waals surface area (Å²) in [5, 5.41) is 8.41. The minimum absolute atomic E-state index is 0.0806. The summed E-state index contributed by atoms with van der Waals surface area (Å²) in [5.74, 6) is -0.346. The second kappa shape index (κ2) is 7.21. The van der Waals surface area contributed by atoms with Gasteiger partial charge in [-0.05, 0) is 24.3 Å². The number of hydrogen-bond acceptors (Lipinski definition) is 5. The molecular weight excluding hydrogens is 405 g/mol. The van der Waals surface area contributed by atoms with Gasteiger partial charge in [0.2, 0.25) is 4.96 Å². The predicted molar refractivity (Wildman–Crippen MR) is 102 cm³/mol. The SMILES string of the molecule is COc1cccc(-c2csc3nc(NC(=O)c4ccccc4C(F)(F)F)nn23)c1. The number of methoxy groups -OCH3 is 1. The molecule has 10 heteroatoms. The summed E-state index contributed by atoms with van der Waals surface area (Å²) in [4.78, 5) is 17.1. The number of fused-ring (bicyclic) bond motifs is 1. The molecule has 148 valence electrons. The van der Waals surface area contributed by atoms with Crippen molar-refractivity contribution in [1.82, 2.24) is 14.6 Å². The van der Waals surface area contributed by atoms with E-state index in [1.165, 1.54) is 28.0 Å². The predicted octanol–water partition coefficient (Wildman–Crippen LogP) is 4.74. The quantitative estimate of drug-likeness (QED) is 0.520. The van der Waals surface area contributed by atoms with Crippen molar-refractivity contribution in [1.29, 1.82) is 0 Å². The van der Waals surface area contributed by atoms with Crippen LogP contribution < -0.4 is 10.1 Å². The van der Waals surface area contributed by atoms with Crippen molar-refractivity contribution in [2.45, 2.75) is 6.18 Å². The Labute approximate surface area is 166 Å². The summed E-state index contributed by atoms with van der Waals surface area (Å²) >= 11 is 1.29. The molecule has 1 N–H and O–H groups in total. The van der Waals surface area contributed by atoms with E-state index in [1.54, 1.807) is 13.2 Å². The van der Waals surface area contributed by atoms with Crippen LogP contribution in [0, 0.1) is 0 Å². The van der Waals surface area contributed by atoms with Gasteiger partial charge in [0.05, 0.1) is 23.9 Å². The molecular formula is C19H13F3N4O2S. The molecule has 0 aliphatic carbocycles. The van der Waals surface area contributed by atoms with E-state index in [-0.39, 0.29) is 5.95 Å². The van der Waals surface area contributed by atoms with E-state index in [2.05, 4.69) is 15.4 Å². The van der Waals surface area contributed by atoms with Crippen molar-refractivity contribution in [3.63, 3.8) is 0 Å². The van der Waals surface area contributed by atoms with Crippen LogP contribution in [0.15, 0.2) is 53.9 Å². The summed E-state index contributed by atoms with van der Waals surface area (Å²) in [6.45, 7) is 0. The highest BCUT2D eigenvalue weighted by atomic mass is 32.1. The number of carbonyl (C=O) groups excluding carboxylic acids is 1. The van der Waals surface area contributed by atoms with Gasteiger partial charge in [-0.1, -0.05) is 24.3 Å². The number of ether oxygens (including phenoxy) is 1. The minimum atomic E-state index is -4.64. The fraction of sp³-hybridized carbons (Fsp3) is 0.105. The van der Waals surface area contributed by atoms with Crippen LogP contribution in [0.3, 0.4) is 0 Å². The Bertz CT molecular complexity index is 1200. The molecule has 0 aliphatic rings. The van der Waals surface area contributed by atoms with Crippen LogP contribution in [0.25, 0.3) is 16.2 Å². The lowest BCUT2D eigenvalue weighted by Gasteiger charge is -2.11. The van der Waals surface area contributed by atoms with E-state index in [0.717, 1.165) is 17.7 Å². The van der Waals surface area contributed by atoms with Gasteiger partial charge in [0.15, 0.2) is 0 Å². The maximum atomic E-state index is 13.1. The first-order chi connectivity index (χ1) is 13.9. The fourth-order valence-electron chi connectivity index (χ4n) is 2.81. The maximum Gasteiger partial charge on any atom is 0.417 e. The first-order valence-corrected chi connectivity index (χ1v) is 9.21. The van der Waals surface area contributed by atoms with Gasteiger partial charge in [0.1, 0.15) is 5.75 Å². The van der Waals surface area contributed by atoms with Crippen LogP contribution in [0.5, 0.6) is 5.75 Å². The normalized spacial score (nSPS) is 11.6. The minimum Gasteiger partial charge on any atom is -0.497 e. The molecule has 6 nitrogen and oxygen atoms in total. The van der Waals surface area contributed by atoms with Gasteiger partial charge in [-0.2, -0.15) is 18.2 Å². The second-order valence-electron chi connectivity index (χ2n) is 5.98. The third-order valence-corrected chi connectivity index (χ3v) is 4.97. The first kappa shape index (κ1) is 18.9. The Kier molecular flexibility index (Phi) is 4.71. The van der Waals surface area contributed by atoms with Gasteiger partial charge in [0, 0.05) is 10.9 Å². The van der Waals surface area contributed by atoms with Crippen molar-refractivity contribution >= 4 is 28.2 Å². The molecule has 29 heavy (non-hydrogen) atoms. The number of carbonyl (C=O) groups is 1. The van der Waals surface area contributed by atoms with Crippen LogP contribution in [0.2, 0.25) is 0 Å². The Morgan fingerprint density at radius 1 is 1.17 bits per heavy atom. The second-order valence-corrected chi connectivity index (χ2v) is 6.82. The Morgan fingerprint density at radius 2 is 1.97 bits per heavy atom. The van der Waals surface area contributed by atoms with E-state index >= 15 is 0 Å². The van der Waals surface area contributed by atoms with Crippen molar-refractivity contribution in [3.8, 4) is 17.0 Å². The number of benzene rings is 2. The number of nitrogens with zero attached hydrogens (tertiary/aromatic N) is 3. The van der Waals surface area contributed by atoms with E-state index in [9.17, 15) is 18.0 Å². The number of rotatable bonds is 4. The molecule has 0 radical (unpaired) electrons. The van der Waals surface area contributed by atoms with E-state index in [4.69, 9.17) is 4.74 Å². The van der Waals surface area contributed by atoms with Gasteiger partial charge in [-0.25, -0.2) is 4.52 Å². The molecule has 4 aromatic rings. The molecule has 0 atom stereocenters. The standard InChI is InChI=1S/C19H13F3N4O2S/c1-28-12-6-4-5-11(9-12)15-10-29-18-24-17(25-26(15)18)23-16(27)13-7-2-3-8-14(13)19(20,21)22/h2-10H,1H3,(H,23,25,27). The molecule has 1 amide bonds. The molecule has 0 fully saturated rings. The number of amides is 1. The van der Waals surface area contributed by atoms with Crippen molar-refractivity contribution in [3.05, 3.63) is 65.0 Å². The lowest BCUT2D eigenvalue weighted by atomic mass is 10.1. The van der Waals surface area contributed by atoms with Gasteiger partial charge in [-0.15, -0.1) is 16.4 Å². The molecule has 0 saturated heterocycles. The summed E-state index contributed by atoms with van der Waals surface area (Å²) in [7, 11) is 1.56. The summed E-state index contributed by atoms with van der Waals surface area (Å²) in [6.07, 6.45) is -4.64. The molecule has 0 unspecified atom stereocenters. The molecule has 2 heterocycles. The molecule has 0 bridgehead atoms. The Balaban J connectivity index is 1.65. The van der Waals surface area contributed by atoms with Gasteiger partial charge < -0.3 is 4.74 Å². The highest BCUT2D eigenvalue weighted by Crippen LogP contribution is 2.32. The zero-order valence-corrected chi connectivity index (χ0v) is 15.7. The van der Waals surface area contributed by atoms with E-state index in [1.807, 2.05) is 23.6 Å². The van der Waals surface area contributed by atoms with E-state index in [0.29, 0.717) is 16.4 Å². The molecule has 0 aliphatic heterocycles. The van der Waals surface area contributed by atoms with Crippen molar-refractivity contribution < 1.29 is 22.7 Å². The lowest BCUT2D eigenvalue weighted by molar-refractivity contribution is -0.137. The number of thiazole rings is 1. The lowest BCUT2D eigenvalue weighted by Crippen LogP contribution is -2.19. The molecule has 0 saturated carbocycles. The zero-order valence-electron chi connectivity index (χ0n) is 14.9. The van der Waals surface area contributed by atoms with Gasteiger partial charge >= 0.3 is 6.18 Å². The van der Waals surface area contributed by atoms with E-state index < -0.39 is 23.2 Å². The fourth-order valence-corrected chi connectivity index (χ4v) is 3.64. The molecule has 0 spiro atoms. The zero-order chi connectivity index (χ0) is 20.6. The van der Waals surface area contributed by atoms with Crippen molar-refractivity contribution in [2.24, 2.45) is 0 Å². The largest absolute Gasteiger partial charge is 0.497 e. The van der Waals surface area contributed by atoms with Crippen LogP contribution >= 0.6 is 11.3 Å². The van der Waals surface area contributed by atoms with Crippen LogP contribution in [-0.2, 0) is 6.18 Å². The highest BCUT2D eigenvalue weighted by molar-refractivity contribution is 7.15. The molecule has 4 rings (SSSR count). The van der Waals surface area contributed by atoms with Gasteiger partial charge in [0.25, 0.3) is 11.9 Å². The number of alkyl halides is 3. The summed E-state index contributed by atoms with van der Waals surface area (Å²) in [5.41, 5.74) is 0.0233. The molecule has 2 aromatic heterocycles. The third-order valence-electron chi connectivity index (χ3n) is 4.15. The summed E-state index contributed by atoms with van der Waals surface area (Å²) < 4.78 is 46.2. The Morgan fingerprint density at radius 3 is 2.72 bits per heavy atom. The van der Waals surface area contributed by atoms with Crippen LogP contribution in [0.1, 0.15) is 15.9 Å². The van der Waals surface area contributed by atoms with Crippen LogP contribution in [0.4, 0.5) is 19.1 Å². The van der Waals surface area contributed by atoms with Crippen LogP contribution in [-0.4, -0.2) is 27.6 Å². The summed E-state index contributed by atoms with van der Waals surface area (Å²) in [6, 6.07) is 11.9. The molecule has 2 aromatic carbocycles. The third kappa shape index (κ3) is 3.66. The highest BCUT2D eigenvalue weighted by Gasteiger charge is 2.35.